The zero-order valence-corrected chi connectivity index (χ0v) is 15.8. The van der Waals surface area contributed by atoms with Gasteiger partial charge in [-0.05, 0) is 44.0 Å². The molecule has 2 N–H and O–H groups in total. The van der Waals surface area contributed by atoms with E-state index in [9.17, 15) is 0 Å². The van der Waals surface area contributed by atoms with Crippen molar-refractivity contribution in [2.24, 2.45) is 4.99 Å². The highest BCUT2D eigenvalue weighted by atomic mass is 127. The maximum atomic E-state index is 4.26. The van der Waals surface area contributed by atoms with E-state index in [1.54, 1.807) is 6.20 Å². The van der Waals surface area contributed by atoms with E-state index in [0.29, 0.717) is 0 Å². The van der Waals surface area contributed by atoms with Crippen LogP contribution < -0.4 is 10.6 Å². The van der Waals surface area contributed by atoms with Gasteiger partial charge >= 0.3 is 0 Å². The molecule has 1 aliphatic rings. The normalized spacial score (nSPS) is 16.0. The van der Waals surface area contributed by atoms with Crippen LogP contribution in [0.5, 0.6) is 0 Å². The fourth-order valence-corrected chi connectivity index (χ4v) is 2.61. The van der Waals surface area contributed by atoms with Crippen LogP contribution in [0.3, 0.4) is 0 Å². The summed E-state index contributed by atoms with van der Waals surface area (Å²) < 4.78 is 0. The molecule has 124 valence electrons. The molecule has 0 spiro atoms. The third-order valence-electron chi connectivity index (χ3n) is 3.82. The Balaban J connectivity index is 0.00000242. The summed E-state index contributed by atoms with van der Waals surface area (Å²) in [4.78, 5) is 10.9. The number of nitrogens with zero attached hydrogens (tertiary/aromatic N) is 3. The van der Waals surface area contributed by atoms with Crippen molar-refractivity contribution in [3.63, 3.8) is 0 Å². The van der Waals surface area contributed by atoms with E-state index in [2.05, 4.69) is 31.6 Å². The number of pyridine rings is 1. The van der Waals surface area contributed by atoms with Crippen LogP contribution in [-0.2, 0) is 6.42 Å². The Morgan fingerprint density at radius 2 is 2.00 bits per heavy atom. The SMILES string of the molecule is CN=C(NCCc1cccnc1)NCCN1CCCCC1.I. The third kappa shape index (κ3) is 7.40. The second-order valence-electron chi connectivity index (χ2n) is 5.44. The van der Waals surface area contributed by atoms with Crippen molar-refractivity contribution in [3.05, 3.63) is 30.1 Å². The second-order valence-corrected chi connectivity index (χ2v) is 5.44. The summed E-state index contributed by atoms with van der Waals surface area (Å²) >= 11 is 0. The van der Waals surface area contributed by atoms with E-state index in [1.165, 1.54) is 37.9 Å². The van der Waals surface area contributed by atoms with Crippen LogP contribution in [0, 0.1) is 0 Å². The van der Waals surface area contributed by atoms with Gasteiger partial charge in [0.15, 0.2) is 5.96 Å². The molecule has 22 heavy (non-hydrogen) atoms. The summed E-state index contributed by atoms with van der Waals surface area (Å²) in [5.41, 5.74) is 1.24. The van der Waals surface area contributed by atoms with Gasteiger partial charge in [-0.3, -0.25) is 9.98 Å². The summed E-state index contributed by atoms with van der Waals surface area (Å²) in [5.74, 6) is 0.885. The number of aliphatic imine (C=N–C) groups is 1. The summed E-state index contributed by atoms with van der Waals surface area (Å²) in [6, 6.07) is 4.07. The third-order valence-corrected chi connectivity index (χ3v) is 3.82. The van der Waals surface area contributed by atoms with Gasteiger partial charge in [0.1, 0.15) is 0 Å². The lowest BCUT2D eigenvalue weighted by Gasteiger charge is -2.26. The van der Waals surface area contributed by atoms with Gasteiger partial charge in [-0.1, -0.05) is 12.5 Å². The van der Waals surface area contributed by atoms with E-state index in [0.717, 1.165) is 32.0 Å². The van der Waals surface area contributed by atoms with Gasteiger partial charge in [0, 0.05) is 39.1 Å². The molecule has 1 aliphatic heterocycles. The standard InChI is InChI=1S/C16H27N5.HI/c1-17-16(19-9-7-15-6-5-8-18-14-15)20-10-13-21-11-3-2-4-12-21;/h5-6,8,14H,2-4,7,9-13H2,1H3,(H2,17,19,20);1H. The van der Waals surface area contributed by atoms with E-state index in [-0.39, 0.29) is 24.0 Å². The first-order valence-electron chi connectivity index (χ1n) is 7.94. The fraction of sp³-hybridized carbons (Fsp3) is 0.625. The van der Waals surface area contributed by atoms with Crippen molar-refractivity contribution in [1.29, 1.82) is 0 Å². The highest BCUT2D eigenvalue weighted by Gasteiger charge is 2.09. The van der Waals surface area contributed by atoms with Crippen molar-refractivity contribution >= 4 is 29.9 Å². The number of piperidine rings is 1. The fourth-order valence-electron chi connectivity index (χ4n) is 2.61. The molecular formula is C16H28IN5. The zero-order valence-electron chi connectivity index (χ0n) is 13.4. The molecule has 0 radical (unpaired) electrons. The molecule has 0 amide bonds. The summed E-state index contributed by atoms with van der Waals surface area (Å²) in [6.07, 6.45) is 8.75. The quantitative estimate of drug-likeness (QED) is 0.422. The minimum absolute atomic E-state index is 0. The molecule has 2 rings (SSSR count). The van der Waals surface area contributed by atoms with Crippen molar-refractivity contribution in [2.45, 2.75) is 25.7 Å². The molecule has 1 aromatic rings. The molecule has 2 heterocycles. The van der Waals surface area contributed by atoms with Crippen LogP contribution in [0.2, 0.25) is 0 Å². The Morgan fingerprint density at radius 1 is 1.23 bits per heavy atom. The van der Waals surface area contributed by atoms with Gasteiger partial charge < -0.3 is 15.5 Å². The molecule has 0 saturated carbocycles. The Labute approximate surface area is 151 Å². The molecule has 1 aromatic heterocycles. The largest absolute Gasteiger partial charge is 0.356 e. The Morgan fingerprint density at radius 3 is 2.68 bits per heavy atom. The van der Waals surface area contributed by atoms with Crippen LogP contribution in [-0.4, -0.2) is 55.6 Å². The molecular weight excluding hydrogens is 389 g/mol. The molecule has 6 heteroatoms. The molecule has 0 atom stereocenters. The van der Waals surface area contributed by atoms with Crippen LogP contribution in [0.25, 0.3) is 0 Å². The van der Waals surface area contributed by atoms with Crippen molar-refractivity contribution < 1.29 is 0 Å². The Kier molecular flexibility index (Phi) is 10.1. The Hall–Kier alpha value is -0.890. The number of hydrogen-bond acceptors (Lipinski definition) is 3. The molecule has 0 unspecified atom stereocenters. The molecule has 0 aliphatic carbocycles. The van der Waals surface area contributed by atoms with Gasteiger partial charge in [-0.15, -0.1) is 24.0 Å². The zero-order chi connectivity index (χ0) is 14.8. The predicted octanol–water partition coefficient (Wildman–Crippen LogP) is 1.89. The van der Waals surface area contributed by atoms with Gasteiger partial charge in [0.2, 0.25) is 0 Å². The average Bonchev–Trinajstić information content (AvgIpc) is 2.55. The number of nitrogens with one attached hydrogen (secondary N) is 2. The van der Waals surface area contributed by atoms with Gasteiger partial charge in [-0.2, -0.15) is 0 Å². The van der Waals surface area contributed by atoms with Gasteiger partial charge in [0.25, 0.3) is 0 Å². The van der Waals surface area contributed by atoms with E-state index >= 15 is 0 Å². The lowest BCUT2D eigenvalue weighted by atomic mass is 10.1. The smallest absolute Gasteiger partial charge is 0.191 e. The van der Waals surface area contributed by atoms with E-state index in [1.807, 2.05) is 19.3 Å². The van der Waals surface area contributed by atoms with Gasteiger partial charge in [-0.25, -0.2) is 0 Å². The lowest BCUT2D eigenvalue weighted by molar-refractivity contribution is 0.232. The second kappa shape index (κ2) is 11.6. The van der Waals surface area contributed by atoms with Crippen LogP contribution >= 0.6 is 24.0 Å². The monoisotopic (exact) mass is 417 g/mol. The van der Waals surface area contributed by atoms with Crippen LogP contribution in [0.15, 0.2) is 29.5 Å². The lowest BCUT2D eigenvalue weighted by Crippen LogP contribution is -2.43. The first-order valence-corrected chi connectivity index (χ1v) is 7.94. The number of likely N-dealkylation sites (tertiary alicyclic amines) is 1. The Bertz CT molecular complexity index is 418. The van der Waals surface area contributed by atoms with Crippen molar-refractivity contribution in [3.8, 4) is 0 Å². The summed E-state index contributed by atoms with van der Waals surface area (Å²) in [6.45, 7) is 5.41. The predicted molar refractivity (Wildman–Crippen MR) is 103 cm³/mol. The molecule has 5 nitrogen and oxygen atoms in total. The number of guanidine groups is 1. The van der Waals surface area contributed by atoms with E-state index < -0.39 is 0 Å². The van der Waals surface area contributed by atoms with Crippen molar-refractivity contribution in [2.75, 3.05) is 39.8 Å². The molecule has 1 saturated heterocycles. The number of halogens is 1. The minimum atomic E-state index is 0. The minimum Gasteiger partial charge on any atom is -0.356 e. The first-order chi connectivity index (χ1) is 10.4. The maximum Gasteiger partial charge on any atom is 0.191 e. The maximum absolute atomic E-state index is 4.26. The highest BCUT2D eigenvalue weighted by Crippen LogP contribution is 2.07. The number of rotatable bonds is 6. The highest BCUT2D eigenvalue weighted by molar-refractivity contribution is 14.0. The van der Waals surface area contributed by atoms with Gasteiger partial charge in [0.05, 0.1) is 0 Å². The van der Waals surface area contributed by atoms with Crippen molar-refractivity contribution in [1.82, 2.24) is 20.5 Å². The number of hydrogen-bond donors (Lipinski definition) is 2. The van der Waals surface area contributed by atoms with E-state index in [4.69, 9.17) is 0 Å². The molecule has 0 bridgehead atoms. The summed E-state index contributed by atoms with van der Waals surface area (Å²) in [5, 5.41) is 6.73. The van der Waals surface area contributed by atoms with Crippen LogP contribution in [0.1, 0.15) is 24.8 Å². The van der Waals surface area contributed by atoms with Crippen LogP contribution in [0.4, 0.5) is 0 Å². The number of aromatic nitrogens is 1. The topological polar surface area (TPSA) is 52.6 Å². The molecule has 0 aromatic carbocycles. The average molecular weight is 417 g/mol. The first kappa shape index (κ1) is 19.2. The molecule has 1 fully saturated rings. The summed E-state index contributed by atoms with van der Waals surface area (Å²) in [7, 11) is 1.82.